The van der Waals surface area contributed by atoms with E-state index in [0.29, 0.717) is 11.0 Å². The van der Waals surface area contributed by atoms with Crippen LogP contribution >= 0.6 is 0 Å². The van der Waals surface area contributed by atoms with E-state index in [9.17, 15) is 14.0 Å². The summed E-state index contributed by atoms with van der Waals surface area (Å²) in [6.07, 6.45) is 1.21. The van der Waals surface area contributed by atoms with Gasteiger partial charge in [-0.3, -0.25) is 14.2 Å². The molecule has 0 bridgehead atoms. The second-order valence-corrected chi connectivity index (χ2v) is 5.77. The Kier molecular flexibility index (Phi) is 5.26. The van der Waals surface area contributed by atoms with Gasteiger partial charge in [0, 0.05) is 7.05 Å². The number of hydrogen-bond acceptors (Lipinski definition) is 4. The fourth-order valence-electron chi connectivity index (χ4n) is 2.51. The van der Waals surface area contributed by atoms with Gasteiger partial charge in [-0.15, -0.1) is 0 Å². The number of amides is 1. The third-order valence-corrected chi connectivity index (χ3v) is 3.99. The van der Waals surface area contributed by atoms with Gasteiger partial charge in [0.05, 0.1) is 23.8 Å². The average Bonchev–Trinajstić information content (AvgIpc) is 2.65. The normalized spacial score (nSPS) is 10.7. The zero-order chi connectivity index (χ0) is 18.5. The highest BCUT2D eigenvalue weighted by atomic mass is 19.1. The first-order chi connectivity index (χ1) is 12.6. The van der Waals surface area contributed by atoms with E-state index in [-0.39, 0.29) is 36.9 Å². The zero-order valence-corrected chi connectivity index (χ0v) is 14.3. The van der Waals surface area contributed by atoms with Crippen LogP contribution in [0.4, 0.5) is 4.39 Å². The van der Waals surface area contributed by atoms with Crippen LogP contribution in [-0.2, 0) is 11.3 Å². The Morgan fingerprint density at radius 3 is 2.73 bits per heavy atom. The first kappa shape index (κ1) is 17.6. The Morgan fingerprint density at radius 1 is 1.19 bits per heavy atom. The highest BCUT2D eigenvalue weighted by molar-refractivity contribution is 5.79. The summed E-state index contributed by atoms with van der Waals surface area (Å²) in [7, 11) is 1.61. The molecular weight excluding hydrogens is 337 g/mol. The van der Waals surface area contributed by atoms with Gasteiger partial charge in [0.25, 0.3) is 5.56 Å². The Hall–Kier alpha value is -3.22. The maximum absolute atomic E-state index is 13.5. The Morgan fingerprint density at radius 2 is 1.92 bits per heavy atom. The molecule has 0 aliphatic rings. The summed E-state index contributed by atoms with van der Waals surface area (Å²) in [6.45, 7) is 0.318. The minimum atomic E-state index is -0.448. The number of aromatic nitrogens is 2. The van der Waals surface area contributed by atoms with Gasteiger partial charge >= 0.3 is 0 Å². The van der Waals surface area contributed by atoms with Crippen LogP contribution in [0.5, 0.6) is 5.75 Å². The van der Waals surface area contributed by atoms with Crippen molar-refractivity contribution in [2.75, 3.05) is 20.2 Å². The van der Waals surface area contributed by atoms with Crippen LogP contribution in [-0.4, -0.2) is 40.6 Å². The maximum Gasteiger partial charge on any atom is 0.269 e. The van der Waals surface area contributed by atoms with E-state index >= 15 is 0 Å². The minimum absolute atomic E-state index is 0.0991. The second kappa shape index (κ2) is 7.77. The molecule has 1 amide bonds. The molecule has 0 fully saturated rings. The molecule has 134 valence electrons. The van der Waals surface area contributed by atoms with Crippen LogP contribution in [0.25, 0.3) is 11.0 Å². The van der Waals surface area contributed by atoms with Crippen LogP contribution in [0, 0.1) is 5.82 Å². The van der Waals surface area contributed by atoms with Gasteiger partial charge in [-0.1, -0.05) is 24.3 Å². The largest absolute Gasteiger partial charge is 0.489 e. The van der Waals surface area contributed by atoms with Crippen molar-refractivity contribution < 1.29 is 13.9 Å². The lowest BCUT2D eigenvalue weighted by atomic mass is 10.3. The quantitative estimate of drug-likeness (QED) is 0.679. The lowest BCUT2D eigenvalue weighted by Gasteiger charge is -2.19. The highest BCUT2D eigenvalue weighted by Gasteiger charge is 2.13. The average molecular weight is 355 g/mol. The first-order valence-corrected chi connectivity index (χ1v) is 8.12. The number of fused-ring (bicyclic) bond motifs is 1. The molecule has 2 aromatic carbocycles. The van der Waals surface area contributed by atoms with E-state index in [2.05, 4.69) is 4.98 Å². The van der Waals surface area contributed by atoms with E-state index in [0.717, 1.165) is 0 Å². The lowest BCUT2D eigenvalue weighted by Crippen LogP contribution is -2.36. The van der Waals surface area contributed by atoms with E-state index < -0.39 is 5.82 Å². The molecule has 7 heteroatoms. The Bertz CT molecular complexity index is 987. The van der Waals surface area contributed by atoms with Crippen molar-refractivity contribution in [3.63, 3.8) is 0 Å². The molecule has 26 heavy (non-hydrogen) atoms. The number of rotatable bonds is 6. The zero-order valence-electron chi connectivity index (χ0n) is 14.3. The Labute approximate surface area is 149 Å². The van der Waals surface area contributed by atoms with E-state index in [1.54, 1.807) is 37.4 Å². The van der Waals surface area contributed by atoms with Crippen LogP contribution in [0.15, 0.2) is 59.5 Å². The number of nitrogens with zero attached hydrogens (tertiary/aromatic N) is 3. The van der Waals surface area contributed by atoms with Gasteiger partial charge in [0.1, 0.15) is 13.2 Å². The van der Waals surface area contributed by atoms with Crippen LogP contribution < -0.4 is 10.3 Å². The van der Waals surface area contributed by atoms with Gasteiger partial charge in [0.15, 0.2) is 11.6 Å². The number of carbonyl (C=O) groups excluding carboxylic acids is 1. The van der Waals surface area contributed by atoms with Gasteiger partial charge in [-0.2, -0.15) is 0 Å². The van der Waals surface area contributed by atoms with Gasteiger partial charge in [-0.05, 0) is 24.3 Å². The van der Waals surface area contributed by atoms with Gasteiger partial charge in [0.2, 0.25) is 5.91 Å². The molecule has 0 saturated carbocycles. The molecule has 0 unspecified atom stereocenters. The number of hydrogen-bond donors (Lipinski definition) is 0. The van der Waals surface area contributed by atoms with Crippen LogP contribution in [0.2, 0.25) is 0 Å². The first-order valence-electron chi connectivity index (χ1n) is 8.12. The molecule has 1 heterocycles. The predicted octanol–water partition coefficient (Wildman–Crippen LogP) is 2.07. The van der Waals surface area contributed by atoms with Crippen molar-refractivity contribution in [3.05, 3.63) is 70.9 Å². The molecule has 0 spiro atoms. The monoisotopic (exact) mass is 355 g/mol. The summed E-state index contributed by atoms with van der Waals surface area (Å²) in [6, 6.07) is 13.2. The number of para-hydroxylation sites is 3. The number of benzene rings is 2. The topological polar surface area (TPSA) is 64.4 Å². The summed E-state index contributed by atoms with van der Waals surface area (Å²) >= 11 is 0. The third-order valence-electron chi connectivity index (χ3n) is 3.99. The maximum atomic E-state index is 13.5. The molecule has 0 N–H and O–H groups in total. The highest BCUT2D eigenvalue weighted by Crippen LogP contribution is 2.15. The SMILES string of the molecule is CN(CCOc1ccccc1F)C(=O)Cn1c(=O)cnc2ccccc21. The molecule has 3 aromatic rings. The molecule has 0 aliphatic carbocycles. The third kappa shape index (κ3) is 3.88. The fourth-order valence-corrected chi connectivity index (χ4v) is 2.51. The molecule has 1 aromatic heterocycles. The molecule has 0 saturated heterocycles. The molecular formula is C19H18FN3O3. The molecule has 0 atom stereocenters. The molecule has 3 rings (SSSR count). The summed E-state index contributed by atoms with van der Waals surface area (Å²) in [5.74, 6) is -0.554. The smallest absolute Gasteiger partial charge is 0.269 e. The molecule has 0 radical (unpaired) electrons. The summed E-state index contributed by atoms with van der Waals surface area (Å²) in [5, 5.41) is 0. The molecule has 6 nitrogen and oxygen atoms in total. The second-order valence-electron chi connectivity index (χ2n) is 5.77. The number of likely N-dealkylation sites (N-methyl/N-ethyl adjacent to an activating group) is 1. The van der Waals surface area contributed by atoms with E-state index in [1.807, 2.05) is 6.07 Å². The number of carbonyl (C=O) groups is 1. The van der Waals surface area contributed by atoms with Gasteiger partial charge < -0.3 is 9.64 Å². The van der Waals surface area contributed by atoms with Crippen molar-refractivity contribution in [2.45, 2.75) is 6.54 Å². The standard InChI is InChI=1S/C19H18FN3O3/c1-22(10-11-26-17-9-5-2-6-14(17)20)19(25)13-23-16-8-4-3-7-15(16)21-12-18(23)24/h2-9,12H,10-11,13H2,1H3. The Balaban J connectivity index is 1.64. The van der Waals surface area contributed by atoms with Crippen molar-refractivity contribution in [1.82, 2.24) is 14.5 Å². The summed E-state index contributed by atoms with van der Waals surface area (Å²) in [5.41, 5.74) is 0.905. The van der Waals surface area contributed by atoms with Crippen molar-refractivity contribution >= 4 is 16.9 Å². The predicted molar refractivity (Wildman–Crippen MR) is 95.5 cm³/mol. The van der Waals surface area contributed by atoms with E-state index in [1.165, 1.54) is 27.8 Å². The van der Waals surface area contributed by atoms with Crippen molar-refractivity contribution in [2.24, 2.45) is 0 Å². The van der Waals surface area contributed by atoms with Crippen LogP contribution in [0.3, 0.4) is 0 Å². The number of ether oxygens (including phenoxy) is 1. The summed E-state index contributed by atoms with van der Waals surface area (Å²) < 4.78 is 20.2. The van der Waals surface area contributed by atoms with Gasteiger partial charge in [-0.25, -0.2) is 9.37 Å². The summed E-state index contributed by atoms with van der Waals surface area (Å²) in [4.78, 5) is 30.0. The number of halogens is 1. The fraction of sp³-hybridized carbons (Fsp3) is 0.211. The minimum Gasteiger partial charge on any atom is -0.489 e. The van der Waals surface area contributed by atoms with Crippen molar-refractivity contribution in [3.8, 4) is 5.75 Å². The van der Waals surface area contributed by atoms with Crippen molar-refractivity contribution in [1.29, 1.82) is 0 Å². The molecule has 0 aliphatic heterocycles. The van der Waals surface area contributed by atoms with E-state index in [4.69, 9.17) is 4.74 Å². The lowest BCUT2D eigenvalue weighted by molar-refractivity contribution is -0.130. The van der Waals surface area contributed by atoms with Crippen LogP contribution in [0.1, 0.15) is 0 Å².